The van der Waals surface area contributed by atoms with Crippen LogP contribution in [-0.4, -0.2) is 57.1 Å². The topological polar surface area (TPSA) is 66.0 Å². The van der Waals surface area contributed by atoms with Gasteiger partial charge in [-0.2, -0.15) is 0 Å². The molecule has 2 aromatic rings. The molecule has 0 fully saturated rings. The SMILES string of the molecule is CN(C)C(=O)CN=C(NCCCOc1ccccc1)NCCc1ccccc1. The Morgan fingerprint density at radius 3 is 2.29 bits per heavy atom. The van der Waals surface area contributed by atoms with Crippen LogP contribution >= 0.6 is 0 Å². The molecule has 1 amide bonds. The van der Waals surface area contributed by atoms with Crippen LogP contribution in [0.3, 0.4) is 0 Å². The molecule has 6 nitrogen and oxygen atoms in total. The zero-order valence-corrected chi connectivity index (χ0v) is 16.7. The molecular weight excluding hydrogens is 352 g/mol. The van der Waals surface area contributed by atoms with Gasteiger partial charge in [-0.3, -0.25) is 4.79 Å². The Morgan fingerprint density at radius 1 is 0.964 bits per heavy atom. The number of carbonyl (C=O) groups excluding carboxylic acids is 1. The Balaban J connectivity index is 1.76. The quantitative estimate of drug-likeness (QED) is 0.376. The van der Waals surface area contributed by atoms with Gasteiger partial charge >= 0.3 is 0 Å². The number of guanidine groups is 1. The van der Waals surface area contributed by atoms with Crippen LogP contribution in [-0.2, 0) is 11.2 Å². The second kappa shape index (κ2) is 12.4. The lowest BCUT2D eigenvalue weighted by Crippen LogP contribution is -2.40. The molecule has 0 heterocycles. The summed E-state index contributed by atoms with van der Waals surface area (Å²) in [5, 5.41) is 6.57. The molecule has 150 valence electrons. The highest BCUT2D eigenvalue weighted by atomic mass is 16.5. The molecular formula is C22H30N4O2. The third kappa shape index (κ3) is 8.58. The normalized spacial score (nSPS) is 11.0. The maximum absolute atomic E-state index is 11.8. The number of amides is 1. The molecule has 2 aromatic carbocycles. The smallest absolute Gasteiger partial charge is 0.243 e. The third-order valence-electron chi connectivity index (χ3n) is 4.05. The van der Waals surface area contributed by atoms with Crippen molar-refractivity contribution in [1.29, 1.82) is 0 Å². The molecule has 0 aliphatic carbocycles. The molecule has 0 aliphatic rings. The Kier molecular flexibility index (Phi) is 9.41. The summed E-state index contributed by atoms with van der Waals surface area (Å²) in [4.78, 5) is 17.8. The fourth-order valence-electron chi connectivity index (χ4n) is 2.42. The minimum atomic E-state index is -0.0310. The van der Waals surface area contributed by atoms with Crippen LogP contribution in [0.15, 0.2) is 65.7 Å². The van der Waals surface area contributed by atoms with Gasteiger partial charge in [-0.1, -0.05) is 48.5 Å². The number of hydrogen-bond donors (Lipinski definition) is 2. The molecule has 0 radical (unpaired) electrons. The molecule has 0 atom stereocenters. The highest BCUT2D eigenvalue weighted by molar-refractivity contribution is 5.84. The molecule has 0 saturated heterocycles. The van der Waals surface area contributed by atoms with E-state index in [0.717, 1.165) is 25.1 Å². The number of hydrogen-bond acceptors (Lipinski definition) is 3. The number of nitrogens with zero attached hydrogens (tertiary/aromatic N) is 2. The van der Waals surface area contributed by atoms with E-state index in [9.17, 15) is 4.79 Å². The summed E-state index contributed by atoms with van der Waals surface area (Å²) in [6.45, 7) is 2.19. The van der Waals surface area contributed by atoms with Gasteiger partial charge in [0.25, 0.3) is 0 Å². The minimum Gasteiger partial charge on any atom is -0.494 e. The van der Waals surface area contributed by atoms with Crippen LogP contribution in [0.5, 0.6) is 5.75 Å². The van der Waals surface area contributed by atoms with E-state index in [2.05, 4.69) is 27.8 Å². The van der Waals surface area contributed by atoms with E-state index in [4.69, 9.17) is 4.74 Å². The molecule has 2 N–H and O–H groups in total. The molecule has 28 heavy (non-hydrogen) atoms. The van der Waals surface area contributed by atoms with Crippen LogP contribution < -0.4 is 15.4 Å². The zero-order valence-electron chi connectivity index (χ0n) is 16.7. The van der Waals surface area contributed by atoms with Crippen LogP contribution in [0, 0.1) is 0 Å². The standard InChI is InChI=1S/C22H30N4O2/c1-26(2)21(27)18-25-22(24-16-14-19-10-5-3-6-11-19)23-15-9-17-28-20-12-7-4-8-13-20/h3-8,10-13H,9,14-18H2,1-2H3,(H2,23,24,25). The highest BCUT2D eigenvalue weighted by Gasteiger charge is 2.04. The fourth-order valence-corrected chi connectivity index (χ4v) is 2.42. The van der Waals surface area contributed by atoms with Gasteiger partial charge in [-0.15, -0.1) is 0 Å². The van der Waals surface area contributed by atoms with Crippen molar-refractivity contribution in [3.63, 3.8) is 0 Å². The molecule has 6 heteroatoms. The Labute approximate surface area is 167 Å². The van der Waals surface area contributed by atoms with Crippen LogP contribution in [0.25, 0.3) is 0 Å². The summed E-state index contributed by atoms with van der Waals surface area (Å²) < 4.78 is 5.70. The van der Waals surface area contributed by atoms with E-state index >= 15 is 0 Å². The van der Waals surface area contributed by atoms with E-state index in [1.165, 1.54) is 5.56 Å². The van der Waals surface area contributed by atoms with E-state index in [0.29, 0.717) is 19.1 Å². The number of benzene rings is 2. The lowest BCUT2D eigenvalue weighted by atomic mass is 10.1. The predicted octanol–water partition coefficient (Wildman–Crippen LogP) is 2.32. The van der Waals surface area contributed by atoms with Gasteiger partial charge in [-0.05, 0) is 30.5 Å². The van der Waals surface area contributed by atoms with Crippen molar-refractivity contribution in [3.05, 3.63) is 66.2 Å². The maximum Gasteiger partial charge on any atom is 0.243 e. The maximum atomic E-state index is 11.8. The number of likely N-dealkylation sites (N-methyl/N-ethyl adjacent to an activating group) is 1. The van der Waals surface area contributed by atoms with Gasteiger partial charge in [-0.25, -0.2) is 4.99 Å². The molecule has 0 saturated carbocycles. The lowest BCUT2D eigenvalue weighted by molar-refractivity contribution is -0.127. The van der Waals surface area contributed by atoms with Crippen LogP contribution in [0.1, 0.15) is 12.0 Å². The highest BCUT2D eigenvalue weighted by Crippen LogP contribution is 2.08. The van der Waals surface area contributed by atoms with E-state index < -0.39 is 0 Å². The van der Waals surface area contributed by atoms with Gasteiger partial charge < -0.3 is 20.3 Å². The van der Waals surface area contributed by atoms with Crippen LogP contribution in [0.2, 0.25) is 0 Å². The van der Waals surface area contributed by atoms with Gasteiger partial charge in [0, 0.05) is 27.2 Å². The predicted molar refractivity (Wildman–Crippen MR) is 114 cm³/mol. The minimum absolute atomic E-state index is 0.0310. The first-order valence-electron chi connectivity index (χ1n) is 9.59. The molecule has 0 aliphatic heterocycles. The monoisotopic (exact) mass is 382 g/mol. The summed E-state index contributed by atoms with van der Waals surface area (Å²) in [6.07, 6.45) is 1.72. The third-order valence-corrected chi connectivity index (χ3v) is 4.05. The molecule has 0 aromatic heterocycles. The van der Waals surface area contributed by atoms with E-state index in [1.807, 2.05) is 48.5 Å². The first kappa shape index (κ1) is 21.3. The second-order valence-corrected chi connectivity index (χ2v) is 6.56. The zero-order chi connectivity index (χ0) is 20.0. The molecule has 0 unspecified atom stereocenters. The van der Waals surface area contributed by atoms with Gasteiger partial charge in [0.15, 0.2) is 5.96 Å². The Bertz CT molecular complexity index is 718. The summed E-state index contributed by atoms with van der Waals surface area (Å²) in [5.74, 6) is 1.48. The van der Waals surface area contributed by atoms with Gasteiger partial charge in [0.2, 0.25) is 5.91 Å². The fraction of sp³-hybridized carbons (Fsp3) is 0.364. The number of rotatable bonds is 10. The number of nitrogens with one attached hydrogen (secondary N) is 2. The van der Waals surface area contributed by atoms with Gasteiger partial charge in [0.05, 0.1) is 6.61 Å². The number of ether oxygens (including phenoxy) is 1. The average molecular weight is 383 g/mol. The van der Waals surface area contributed by atoms with Crippen molar-refractivity contribution in [1.82, 2.24) is 15.5 Å². The number of carbonyl (C=O) groups is 1. The molecule has 2 rings (SSSR count). The van der Waals surface area contributed by atoms with E-state index in [-0.39, 0.29) is 12.5 Å². The van der Waals surface area contributed by atoms with Gasteiger partial charge in [0.1, 0.15) is 12.3 Å². The largest absolute Gasteiger partial charge is 0.494 e. The van der Waals surface area contributed by atoms with Crippen molar-refractivity contribution in [2.45, 2.75) is 12.8 Å². The summed E-state index contributed by atoms with van der Waals surface area (Å²) in [5.41, 5.74) is 1.26. The first-order valence-corrected chi connectivity index (χ1v) is 9.59. The second-order valence-electron chi connectivity index (χ2n) is 6.56. The van der Waals surface area contributed by atoms with Crippen molar-refractivity contribution >= 4 is 11.9 Å². The summed E-state index contributed by atoms with van der Waals surface area (Å²) >= 11 is 0. The molecule has 0 bridgehead atoms. The van der Waals surface area contributed by atoms with E-state index in [1.54, 1.807) is 19.0 Å². The Morgan fingerprint density at radius 2 is 1.61 bits per heavy atom. The van der Waals surface area contributed by atoms with Crippen molar-refractivity contribution in [2.75, 3.05) is 40.3 Å². The number of para-hydroxylation sites is 1. The van der Waals surface area contributed by atoms with Crippen LogP contribution in [0.4, 0.5) is 0 Å². The van der Waals surface area contributed by atoms with Crippen molar-refractivity contribution in [2.24, 2.45) is 4.99 Å². The van der Waals surface area contributed by atoms with Crippen molar-refractivity contribution in [3.8, 4) is 5.75 Å². The first-order chi connectivity index (χ1) is 13.6. The summed E-state index contributed by atoms with van der Waals surface area (Å²) in [7, 11) is 3.46. The molecule has 0 spiro atoms. The lowest BCUT2D eigenvalue weighted by Gasteiger charge is -2.14. The van der Waals surface area contributed by atoms with Crippen molar-refractivity contribution < 1.29 is 9.53 Å². The Hall–Kier alpha value is -3.02. The average Bonchev–Trinajstić information content (AvgIpc) is 2.72. The number of aliphatic imine (C=N–C) groups is 1. The summed E-state index contributed by atoms with van der Waals surface area (Å²) in [6, 6.07) is 20.0.